The Bertz CT molecular complexity index is 684. The molecule has 1 aromatic carbocycles. The molecule has 2 amide bonds. The van der Waals surface area contributed by atoms with E-state index in [-0.39, 0.29) is 36.9 Å². The van der Waals surface area contributed by atoms with E-state index in [1.54, 1.807) is 24.3 Å². The van der Waals surface area contributed by atoms with Crippen LogP contribution in [0.2, 0.25) is 0 Å². The zero-order valence-corrected chi connectivity index (χ0v) is 14.9. The first-order valence-electron chi connectivity index (χ1n) is 9.04. The van der Waals surface area contributed by atoms with Crippen LogP contribution in [0.15, 0.2) is 24.3 Å². The summed E-state index contributed by atoms with van der Waals surface area (Å²) in [6.45, 7) is -0.249. The van der Waals surface area contributed by atoms with Crippen molar-refractivity contribution in [2.45, 2.75) is 38.2 Å². The number of nitrogens with zero attached hydrogens (tertiary/aromatic N) is 1. The van der Waals surface area contributed by atoms with Crippen LogP contribution in [-0.4, -0.2) is 44.1 Å². The van der Waals surface area contributed by atoms with Crippen molar-refractivity contribution in [3.63, 3.8) is 0 Å². The van der Waals surface area contributed by atoms with E-state index in [2.05, 4.69) is 5.32 Å². The van der Waals surface area contributed by atoms with Gasteiger partial charge in [-0.3, -0.25) is 14.4 Å². The lowest BCUT2D eigenvalue weighted by molar-refractivity contribution is -0.153. The molecule has 26 heavy (non-hydrogen) atoms. The molecular weight excluding hydrogens is 336 g/mol. The molecule has 1 saturated carbocycles. The Hall–Kier alpha value is -2.57. The van der Waals surface area contributed by atoms with E-state index in [9.17, 15) is 14.4 Å². The standard InChI is InChI=1S/C19H24N2O5/c1-20-18(23)16-11-21(14-9-5-6-10-15(14)26-16)17(22)12-25-19(24)13-7-3-2-4-8-13/h5-6,9-10,13,16H,2-4,7-8,11-12H2,1H3,(H,20,23). The maximum atomic E-state index is 12.7. The van der Waals surface area contributed by atoms with E-state index in [0.29, 0.717) is 11.4 Å². The second-order valence-corrected chi connectivity index (χ2v) is 6.64. The van der Waals surface area contributed by atoms with Crippen LogP contribution >= 0.6 is 0 Å². The number of likely N-dealkylation sites (N-methyl/N-ethyl adjacent to an activating group) is 1. The van der Waals surface area contributed by atoms with Crippen LogP contribution in [0.3, 0.4) is 0 Å². The van der Waals surface area contributed by atoms with Gasteiger partial charge in [0.2, 0.25) is 0 Å². The normalized spacial score (nSPS) is 19.9. The maximum absolute atomic E-state index is 12.7. The molecular formula is C19H24N2O5. The van der Waals surface area contributed by atoms with Gasteiger partial charge >= 0.3 is 5.97 Å². The number of benzene rings is 1. The third-order valence-corrected chi connectivity index (χ3v) is 4.89. The van der Waals surface area contributed by atoms with Gasteiger partial charge in [-0.05, 0) is 25.0 Å². The molecule has 1 aliphatic carbocycles. The summed E-state index contributed by atoms with van der Waals surface area (Å²) in [5.74, 6) is -0.621. The average Bonchev–Trinajstić information content (AvgIpc) is 2.70. The third kappa shape index (κ3) is 3.98. The lowest BCUT2D eigenvalue weighted by atomic mass is 9.89. The highest BCUT2D eigenvalue weighted by atomic mass is 16.5. The number of hydrogen-bond donors (Lipinski definition) is 1. The second-order valence-electron chi connectivity index (χ2n) is 6.64. The number of carbonyl (C=O) groups is 3. The number of fused-ring (bicyclic) bond motifs is 1. The van der Waals surface area contributed by atoms with Crippen molar-refractivity contribution in [1.82, 2.24) is 5.32 Å². The fourth-order valence-corrected chi connectivity index (χ4v) is 3.44. The number of rotatable bonds is 4. The first-order chi connectivity index (χ1) is 12.6. The van der Waals surface area contributed by atoms with Crippen molar-refractivity contribution in [3.05, 3.63) is 24.3 Å². The van der Waals surface area contributed by atoms with Crippen LogP contribution in [0.25, 0.3) is 0 Å². The molecule has 0 bridgehead atoms. The first-order valence-corrected chi connectivity index (χ1v) is 9.04. The molecule has 1 heterocycles. The van der Waals surface area contributed by atoms with E-state index in [0.717, 1.165) is 32.1 Å². The number of para-hydroxylation sites is 2. The molecule has 1 atom stereocenters. The topological polar surface area (TPSA) is 84.9 Å². The van der Waals surface area contributed by atoms with Crippen LogP contribution in [0, 0.1) is 5.92 Å². The van der Waals surface area contributed by atoms with E-state index in [1.807, 2.05) is 0 Å². The van der Waals surface area contributed by atoms with Crippen molar-refractivity contribution < 1.29 is 23.9 Å². The summed E-state index contributed by atoms with van der Waals surface area (Å²) < 4.78 is 10.9. The number of hydrogen-bond acceptors (Lipinski definition) is 5. The smallest absolute Gasteiger partial charge is 0.309 e. The molecule has 0 aromatic heterocycles. The van der Waals surface area contributed by atoms with E-state index in [1.165, 1.54) is 11.9 Å². The van der Waals surface area contributed by atoms with Gasteiger partial charge in [0.15, 0.2) is 12.7 Å². The zero-order valence-electron chi connectivity index (χ0n) is 14.9. The van der Waals surface area contributed by atoms with E-state index < -0.39 is 6.10 Å². The lowest BCUT2D eigenvalue weighted by Gasteiger charge is -2.34. The van der Waals surface area contributed by atoms with Gasteiger partial charge in [0, 0.05) is 7.05 Å². The molecule has 2 aliphatic rings. The molecule has 7 nitrogen and oxygen atoms in total. The third-order valence-electron chi connectivity index (χ3n) is 4.89. The second kappa shape index (κ2) is 8.21. The number of nitrogens with one attached hydrogen (secondary N) is 1. The van der Waals surface area contributed by atoms with E-state index >= 15 is 0 Å². The van der Waals surface area contributed by atoms with Crippen molar-refractivity contribution in [1.29, 1.82) is 0 Å². The van der Waals surface area contributed by atoms with Crippen LogP contribution in [0.4, 0.5) is 5.69 Å². The Morgan fingerprint density at radius 1 is 1.19 bits per heavy atom. The molecule has 0 radical (unpaired) electrons. The zero-order chi connectivity index (χ0) is 18.5. The van der Waals surface area contributed by atoms with Crippen molar-refractivity contribution in [3.8, 4) is 5.75 Å². The van der Waals surface area contributed by atoms with Crippen molar-refractivity contribution in [2.75, 3.05) is 25.1 Å². The Labute approximate surface area is 152 Å². The number of anilines is 1. The Morgan fingerprint density at radius 2 is 1.92 bits per heavy atom. The Kier molecular flexibility index (Phi) is 5.75. The summed E-state index contributed by atoms with van der Waals surface area (Å²) in [7, 11) is 1.52. The molecule has 0 spiro atoms. The summed E-state index contributed by atoms with van der Waals surface area (Å²) in [5.41, 5.74) is 0.575. The number of amides is 2. The molecule has 1 N–H and O–H groups in total. The van der Waals surface area contributed by atoms with Gasteiger partial charge in [-0.2, -0.15) is 0 Å². The fourth-order valence-electron chi connectivity index (χ4n) is 3.44. The molecule has 1 fully saturated rings. The SMILES string of the molecule is CNC(=O)C1CN(C(=O)COC(=O)C2CCCCC2)c2ccccc2O1. The largest absolute Gasteiger partial charge is 0.477 e. The maximum Gasteiger partial charge on any atom is 0.309 e. The van der Waals surface area contributed by atoms with Gasteiger partial charge in [-0.25, -0.2) is 0 Å². The quantitative estimate of drug-likeness (QED) is 0.826. The molecule has 1 unspecified atom stereocenters. The molecule has 7 heteroatoms. The molecule has 0 saturated heterocycles. The molecule has 1 aliphatic heterocycles. The highest BCUT2D eigenvalue weighted by molar-refractivity contribution is 5.98. The molecule has 1 aromatic rings. The van der Waals surface area contributed by atoms with Crippen molar-refractivity contribution >= 4 is 23.5 Å². The average molecular weight is 360 g/mol. The fraction of sp³-hybridized carbons (Fsp3) is 0.526. The van der Waals surface area contributed by atoms with Gasteiger partial charge in [-0.15, -0.1) is 0 Å². The van der Waals surface area contributed by atoms with Crippen LogP contribution in [0.5, 0.6) is 5.75 Å². The minimum atomic E-state index is -0.798. The number of esters is 1. The number of ether oxygens (including phenoxy) is 2. The summed E-state index contributed by atoms with van der Waals surface area (Å²) in [6.07, 6.45) is 4.05. The first kappa shape index (κ1) is 18.2. The van der Waals surface area contributed by atoms with Gasteiger partial charge in [0.1, 0.15) is 5.75 Å². The van der Waals surface area contributed by atoms with Gasteiger partial charge in [0.05, 0.1) is 18.2 Å². The summed E-state index contributed by atoms with van der Waals surface area (Å²) >= 11 is 0. The minimum absolute atomic E-state index is 0.0799. The van der Waals surface area contributed by atoms with Gasteiger partial charge < -0.3 is 19.7 Å². The van der Waals surface area contributed by atoms with Crippen LogP contribution < -0.4 is 15.0 Å². The summed E-state index contributed by atoms with van der Waals surface area (Å²) in [4.78, 5) is 38.2. The van der Waals surface area contributed by atoms with Gasteiger partial charge in [-0.1, -0.05) is 31.4 Å². The predicted octanol–water partition coefficient (Wildman–Crippen LogP) is 1.65. The highest BCUT2D eigenvalue weighted by Gasteiger charge is 2.34. The molecule has 3 rings (SSSR count). The Balaban J connectivity index is 1.67. The predicted molar refractivity (Wildman–Crippen MR) is 94.8 cm³/mol. The van der Waals surface area contributed by atoms with Crippen LogP contribution in [0.1, 0.15) is 32.1 Å². The Morgan fingerprint density at radius 3 is 2.65 bits per heavy atom. The van der Waals surface area contributed by atoms with Crippen LogP contribution in [-0.2, 0) is 19.1 Å². The summed E-state index contributed by atoms with van der Waals surface area (Å²) in [6, 6.07) is 7.02. The van der Waals surface area contributed by atoms with Crippen molar-refractivity contribution in [2.24, 2.45) is 5.92 Å². The molecule has 140 valence electrons. The van der Waals surface area contributed by atoms with E-state index in [4.69, 9.17) is 9.47 Å². The van der Waals surface area contributed by atoms with Gasteiger partial charge in [0.25, 0.3) is 11.8 Å². The highest BCUT2D eigenvalue weighted by Crippen LogP contribution is 2.33. The number of carbonyl (C=O) groups excluding carboxylic acids is 3. The minimum Gasteiger partial charge on any atom is -0.477 e. The monoisotopic (exact) mass is 360 g/mol. The lowest BCUT2D eigenvalue weighted by Crippen LogP contribution is -2.51. The summed E-state index contributed by atoms with van der Waals surface area (Å²) in [5, 5.41) is 2.53.